The topological polar surface area (TPSA) is 66.6 Å². The van der Waals surface area contributed by atoms with Gasteiger partial charge in [0.05, 0.1) is 0 Å². The number of hydrogen-bond acceptors (Lipinski definition) is 4. The maximum absolute atomic E-state index is 12.4. The number of aromatic hydroxyl groups is 1. The number of nitrogens with zero attached hydrogens (tertiary/aromatic N) is 2. The van der Waals surface area contributed by atoms with Crippen molar-refractivity contribution in [2.45, 2.75) is 0 Å². The Morgan fingerprint density at radius 1 is 1.09 bits per heavy atom. The summed E-state index contributed by atoms with van der Waals surface area (Å²) >= 11 is 0. The van der Waals surface area contributed by atoms with Gasteiger partial charge in [-0.3, -0.25) is 4.79 Å². The minimum absolute atomic E-state index is 0.170. The van der Waals surface area contributed by atoms with Crippen LogP contribution in [0.25, 0.3) is 11.3 Å². The SMILES string of the molecule is CN(C(=O)c1cc(-c2ccc(O)cc2)on1)c1ccccc1. The summed E-state index contributed by atoms with van der Waals surface area (Å²) in [4.78, 5) is 13.9. The van der Waals surface area contributed by atoms with Crippen molar-refractivity contribution in [2.24, 2.45) is 0 Å². The lowest BCUT2D eigenvalue weighted by Crippen LogP contribution is -2.26. The number of aromatic nitrogens is 1. The van der Waals surface area contributed by atoms with E-state index in [0.29, 0.717) is 5.76 Å². The third-order valence-corrected chi connectivity index (χ3v) is 3.33. The first-order valence-corrected chi connectivity index (χ1v) is 6.74. The van der Waals surface area contributed by atoms with Crippen LogP contribution >= 0.6 is 0 Å². The molecule has 3 rings (SSSR count). The molecule has 0 fully saturated rings. The van der Waals surface area contributed by atoms with Gasteiger partial charge in [-0.2, -0.15) is 0 Å². The molecule has 5 nitrogen and oxygen atoms in total. The molecule has 0 saturated heterocycles. The van der Waals surface area contributed by atoms with Crippen LogP contribution in [0.4, 0.5) is 5.69 Å². The number of phenols is 1. The second kappa shape index (κ2) is 5.73. The van der Waals surface area contributed by atoms with E-state index in [-0.39, 0.29) is 17.4 Å². The molecule has 3 aromatic rings. The van der Waals surface area contributed by atoms with Crippen LogP contribution in [0.3, 0.4) is 0 Å². The summed E-state index contributed by atoms with van der Waals surface area (Å²) in [7, 11) is 1.69. The molecule has 1 heterocycles. The Hall–Kier alpha value is -3.08. The molecule has 5 heteroatoms. The van der Waals surface area contributed by atoms with Crippen molar-refractivity contribution >= 4 is 11.6 Å². The first-order chi connectivity index (χ1) is 10.6. The van der Waals surface area contributed by atoms with Gasteiger partial charge in [0.1, 0.15) is 5.75 Å². The zero-order chi connectivity index (χ0) is 15.5. The number of benzene rings is 2. The molecule has 1 N–H and O–H groups in total. The van der Waals surface area contributed by atoms with Crippen LogP contribution in [0.5, 0.6) is 5.75 Å². The van der Waals surface area contributed by atoms with Gasteiger partial charge in [0.2, 0.25) is 0 Å². The lowest BCUT2D eigenvalue weighted by Gasteiger charge is -2.15. The van der Waals surface area contributed by atoms with Gasteiger partial charge in [-0.25, -0.2) is 0 Å². The van der Waals surface area contributed by atoms with Crippen molar-refractivity contribution in [3.8, 4) is 17.1 Å². The van der Waals surface area contributed by atoms with Gasteiger partial charge < -0.3 is 14.5 Å². The van der Waals surface area contributed by atoms with Crippen LogP contribution in [-0.2, 0) is 0 Å². The number of amides is 1. The quantitative estimate of drug-likeness (QED) is 0.804. The maximum atomic E-state index is 12.4. The van der Waals surface area contributed by atoms with Crippen molar-refractivity contribution < 1.29 is 14.4 Å². The summed E-state index contributed by atoms with van der Waals surface area (Å²) < 4.78 is 5.22. The van der Waals surface area contributed by atoms with Crippen LogP contribution in [0.2, 0.25) is 0 Å². The molecular formula is C17H14N2O3. The number of rotatable bonds is 3. The second-order valence-corrected chi connectivity index (χ2v) is 4.82. The zero-order valence-electron chi connectivity index (χ0n) is 11.9. The molecule has 110 valence electrons. The minimum Gasteiger partial charge on any atom is -0.508 e. The molecule has 0 atom stereocenters. The zero-order valence-corrected chi connectivity index (χ0v) is 11.9. The van der Waals surface area contributed by atoms with Gasteiger partial charge in [-0.1, -0.05) is 23.4 Å². The van der Waals surface area contributed by atoms with E-state index in [9.17, 15) is 9.90 Å². The van der Waals surface area contributed by atoms with Gasteiger partial charge in [0.15, 0.2) is 11.5 Å². The molecule has 22 heavy (non-hydrogen) atoms. The Kier molecular flexibility index (Phi) is 3.62. The number of phenolic OH excluding ortho intramolecular Hbond substituents is 1. The molecule has 1 amide bonds. The van der Waals surface area contributed by atoms with E-state index in [1.807, 2.05) is 30.3 Å². The normalized spacial score (nSPS) is 10.4. The molecule has 0 aliphatic heterocycles. The molecule has 0 unspecified atom stereocenters. The van der Waals surface area contributed by atoms with Crippen molar-refractivity contribution in [1.29, 1.82) is 0 Å². The summed E-state index contributed by atoms with van der Waals surface area (Å²) in [6.07, 6.45) is 0. The van der Waals surface area contributed by atoms with Crippen molar-refractivity contribution in [1.82, 2.24) is 5.16 Å². The van der Waals surface area contributed by atoms with Gasteiger partial charge in [-0.15, -0.1) is 0 Å². The van der Waals surface area contributed by atoms with Gasteiger partial charge in [0, 0.05) is 24.4 Å². The van der Waals surface area contributed by atoms with Gasteiger partial charge >= 0.3 is 0 Å². The van der Waals surface area contributed by atoms with Crippen molar-refractivity contribution in [3.05, 3.63) is 66.4 Å². The average molecular weight is 294 g/mol. The number of anilines is 1. The lowest BCUT2D eigenvalue weighted by molar-refractivity contribution is 0.0984. The van der Waals surface area contributed by atoms with E-state index >= 15 is 0 Å². The molecule has 0 aliphatic carbocycles. The van der Waals surface area contributed by atoms with E-state index < -0.39 is 0 Å². The Morgan fingerprint density at radius 2 is 1.77 bits per heavy atom. The van der Waals surface area contributed by atoms with Gasteiger partial charge in [-0.05, 0) is 36.4 Å². The molecule has 0 saturated carbocycles. The fourth-order valence-corrected chi connectivity index (χ4v) is 2.08. The van der Waals surface area contributed by atoms with Crippen LogP contribution < -0.4 is 4.90 Å². The number of hydrogen-bond donors (Lipinski definition) is 1. The van der Waals surface area contributed by atoms with Crippen molar-refractivity contribution in [2.75, 3.05) is 11.9 Å². The summed E-state index contributed by atoms with van der Waals surface area (Å²) in [6, 6.07) is 17.4. The predicted molar refractivity (Wildman–Crippen MR) is 82.8 cm³/mol. The monoisotopic (exact) mass is 294 g/mol. The fraction of sp³-hybridized carbons (Fsp3) is 0.0588. The first kappa shape index (κ1) is 13.9. The lowest BCUT2D eigenvalue weighted by atomic mass is 10.1. The minimum atomic E-state index is -0.250. The van der Waals surface area contributed by atoms with Gasteiger partial charge in [0.25, 0.3) is 5.91 Å². The third-order valence-electron chi connectivity index (χ3n) is 3.33. The highest BCUT2D eigenvalue weighted by Gasteiger charge is 2.18. The predicted octanol–water partition coefficient (Wildman–Crippen LogP) is 3.32. The molecule has 0 bridgehead atoms. The standard InChI is InChI=1S/C17H14N2O3/c1-19(13-5-3-2-4-6-13)17(21)15-11-16(22-18-15)12-7-9-14(20)10-8-12/h2-11,20H,1H3. The van der Waals surface area contributed by atoms with E-state index in [1.54, 1.807) is 37.4 Å². The Bertz CT molecular complexity index is 779. The highest BCUT2D eigenvalue weighted by atomic mass is 16.5. The van der Waals surface area contributed by atoms with Crippen LogP contribution in [0.1, 0.15) is 10.5 Å². The molecule has 0 spiro atoms. The van der Waals surface area contributed by atoms with E-state index in [0.717, 1.165) is 11.3 Å². The van der Waals surface area contributed by atoms with Crippen molar-refractivity contribution in [3.63, 3.8) is 0 Å². The van der Waals surface area contributed by atoms with Crippen LogP contribution in [-0.4, -0.2) is 23.2 Å². The molecule has 2 aromatic carbocycles. The Labute approximate surface area is 127 Å². The highest BCUT2D eigenvalue weighted by molar-refractivity contribution is 6.04. The van der Waals surface area contributed by atoms with Crippen LogP contribution in [0.15, 0.2) is 65.2 Å². The number of carbonyl (C=O) groups excluding carboxylic acids is 1. The molecule has 0 aliphatic rings. The fourth-order valence-electron chi connectivity index (χ4n) is 2.08. The summed E-state index contributed by atoms with van der Waals surface area (Å²) in [5, 5.41) is 13.1. The first-order valence-electron chi connectivity index (χ1n) is 6.74. The average Bonchev–Trinajstić information content (AvgIpc) is 3.05. The second-order valence-electron chi connectivity index (χ2n) is 4.82. The Morgan fingerprint density at radius 3 is 2.45 bits per heavy atom. The molecule has 1 aromatic heterocycles. The number of para-hydroxylation sites is 1. The smallest absolute Gasteiger partial charge is 0.280 e. The van der Waals surface area contributed by atoms with E-state index in [1.165, 1.54) is 4.90 Å². The van der Waals surface area contributed by atoms with E-state index in [2.05, 4.69) is 5.16 Å². The summed E-state index contributed by atoms with van der Waals surface area (Å²) in [5.74, 6) is 0.396. The highest BCUT2D eigenvalue weighted by Crippen LogP contribution is 2.23. The summed E-state index contributed by atoms with van der Waals surface area (Å²) in [6.45, 7) is 0. The number of carbonyl (C=O) groups is 1. The molecule has 0 radical (unpaired) electrons. The third kappa shape index (κ3) is 2.69. The van der Waals surface area contributed by atoms with Crippen LogP contribution in [0, 0.1) is 0 Å². The largest absolute Gasteiger partial charge is 0.508 e. The van der Waals surface area contributed by atoms with E-state index in [4.69, 9.17) is 4.52 Å². The molecular weight excluding hydrogens is 280 g/mol. The summed E-state index contributed by atoms with van der Waals surface area (Å²) in [5.41, 5.74) is 1.75. The maximum Gasteiger partial charge on any atom is 0.280 e. The Balaban J connectivity index is 1.84.